The average molecular weight is 381 g/mol. The van der Waals surface area contributed by atoms with Gasteiger partial charge in [-0.1, -0.05) is 18.2 Å². The number of likely N-dealkylation sites (tertiary alicyclic amines) is 1. The topological polar surface area (TPSA) is 82.3 Å². The highest BCUT2D eigenvalue weighted by atomic mass is 32.1. The summed E-state index contributed by atoms with van der Waals surface area (Å²) in [6, 6.07) is 10.5. The lowest BCUT2D eigenvalue weighted by Crippen LogP contribution is -2.46. The second kappa shape index (κ2) is 7.36. The van der Waals surface area contributed by atoms with Gasteiger partial charge in [-0.15, -0.1) is 0 Å². The number of fused-ring (bicyclic) bond motifs is 1. The maximum absolute atomic E-state index is 13.0. The van der Waals surface area contributed by atoms with Gasteiger partial charge in [-0.25, -0.2) is 0 Å². The zero-order chi connectivity index (χ0) is 18.8. The van der Waals surface area contributed by atoms with E-state index in [0.717, 1.165) is 5.39 Å². The van der Waals surface area contributed by atoms with Crippen molar-refractivity contribution in [1.29, 1.82) is 0 Å². The van der Waals surface area contributed by atoms with Crippen LogP contribution in [0.25, 0.3) is 10.9 Å². The Balaban J connectivity index is 1.45. The third kappa shape index (κ3) is 3.64. The predicted octanol–water partition coefficient (Wildman–Crippen LogP) is 2.62. The molecule has 138 valence electrons. The van der Waals surface area contributed by atoms with Crippen molar-refractivity contribution in [2.45, 2.75) is 18.9 Å². The van der Waals surface area contributed by atoms with E-state index >= 15 is 0 Å². The highest BCUT2D eigenvalue weighted by Gasteiger charge is 2.26. The number of nitrogens with zero attached hydrogens (tertiary/aromatic N) is 1. The number of hydrogen-bond donors (Lipinski definition) is 2. The third-order valence-electron chi connectivity index (χ3n) is 4.88. The van der Waals surface area contributed by atoms with E-state index in [-0.39, 0.29) is 23.4 Å². The van der Waals surface area contributed by atoms with Crippen LogP contribution in [0.3, 0.4) is 0 Å². The largest absolute Gasteiger partial charge is 0.349 e. The van der Waals surface area contributed by atoms with Crippen molar-refractivity contribution in [3.05, 3.63) is 68.6 Å². The molecule has 2 N–H and O–H groups in total. The molecule has 3 aromatic rings. The molecule has 1 saturated heterocycles. The number of piperidine rings is 1. The maximum atomic E-state index is 13.0. The normalized spacial score (nSPS) is 15.0. The molecule has 0 radical (unpaired) electrons. The van der Waals surface area contributed by atoms with Crippen molar-refractivity contribution in [3.8, 4) is 0 Å². The van der Waals surface area contributed by atoms with E-state index < -0.39 is 0 Å². The maximum Gasteiger partial charge on any atom is 0.254 e. The molecule has 27 heavy (non-hydrogen) atoms. The zero-order valence-electron chi connectivity index (χ0n) is 14.6. The van der Waals surface area contributed by atoms with Gasteiger partial charge in [0.15, 0.2) is 0 Å². The molecule has 7 heteroatoms. The molecule has 0 bridgehead atoms. The summed E-state index contributed by atoms with van der Waals surface area (Å²) in [7, 11) is 0. The molecule has 1 fully saturated rings. The van der Waals surface area contributed by atoms with E-state index in [1.165, 1.54) is 17.4 Å². The number of H-pyrrole nitrogens is 1. The summed E-state index contributed by atoms with van der Waals surface area (Å²) in [5, 5.41) is 7.48. The summed E-state index contributed by atoms with van der Waals surface area (Å²) in [4.78, 5) is 41.6. The Kier molecular flexibility index (Phi) is 4.77. The number of hydrogen-bond acceptors (Lipinski definition) is 4. The lowest BCUT2D eigenvalue weighted by Gasteiger charge is -2.32. The lowest BCUT2D eigenvalue weighted by molar-refractivity contribution is 0.0700. The molecule has 1 aromatic carbocycles. The van der Waals surface area contributed by atoms with Gasteiger partial charge in [0, 0.05) is 47.0 Å². The first-order valence-electron chi connectivity index (χ1n) is 8.86. The number of pyridine rings is 1. The summed E-state index contributed by atoms with van der Waals surface area (Å²) in [6.45, 7) is 1.10. The van der Waals surface area contributed by atoms with Gasteiger partial charge >= 0.3 is 0 Å². The highest BCUT2D eigenvalue weighted by molar-refractivity contribution is 7.08. The first-order valence-corrected chi connectivity index (χ1v) is 9.80. The van der Waals surface area contributed by atoms with Gasteiger partial charge in [0.25, 0.3) is 11.8 Å². The minimum Gasteiger partial charge on any atom is -0.349 e. The molecular formula is C20H19N3O3S. The third-order valence-corrected chi connectivity index (χ3v) is 5.56. The number of nitrogens with one attached hydrogen (secondary N) is 2. The summed E-state index contributed by atoms with van der Waals surface area (Å²) >= 11 is 1.49. The first-order chi connectivity index (χ1) is 13.1. The fourth-order valence-corrected chi connectivity index (χ4v) is 4.08. The summed E-state index contributed by atoms with van der Waals surface area (Å²) in [6.07, 6.45) is 1.39. The SMILES string of the molecule is O=C(NC1CCN(C(=O)c2cc(=O)[nH]c3ccccc23)CC1)c1ccsc1. The van der Waals surface area contributed by atoms with Crippen molar-refractivity contribution < 1.29 is 9.59 Å². The van der Waals surface area contributed by atoms with E-state index in [1.807, 2.05) is 29.0 Å². The van der Waals surface area contributed by atoms with Crippen molar-refractivity contribution >= 4 is 34.1 Å². The summed E-state index contributed by atoms with van der Waals surface area (Å²) < 4.78 is 0. The zero-order valence-corrected chi connectivity index (χ0v) is 15.4. The van der Waals surface area contributed by atoms with E-state index in [0.29, 0.717) is 42.6 Å². The van der Waals surface area contributed by atoms with Gasteiger partial charge in [0.2, 0.25) is 5.56 Å². The van der Waals surface area contributed by atoms with Crippen LogP contribution < -0.4 is 10.9 Å². The second-order valence-electron chi connectivity index (χ2n) is 6.64. The number of aromatic nitrogens is 1. The molecule has 6 nitrogen and oxygen atoms in total. The monoisotopic (exact) mass is 381 g/mol. The van der Waals surface area contributed by atoms with Crippen LogP contribution in [-0.4, -0.2) is 40.8 Å². The molecule has 0 unspecified atom stereocenters. The lowest BCUT2D eigenvalue weighted by atomic mass is 10.0. The summed E-state index contributed by atoms with van der Waals surface area (Å²) in [5.41, 5.74) is 1.48. The van der Waals surface area contributed by atoms with Crippen LogP contribution in [0, 0.1) is 0 Å². The minimum absolute atomic E-state index is 0.0531. The summed E-state index contributed by atoms with van der Waals surface area (Å²) in [5.74, 6) is -0.207. The van der Waals surface area contributed by atoms with Crippen LogP contribution in [0.4, 0.5) is 0 Å². The molecule has 1 aliphatic heterocycles. The quantitative estimate of drug-likeness (QED) is 0.732. The van der Waals surface area contributed by atoms with Gasteiger partial charge in [-0.2, -0.15) is 11.3 Å². The number of amides is 2. The molecule has 2 amide bonds. The molecule has 1 aliphatic rings. The molecule has 2 aromatic heterocycles. The number of aromatic amines is 1. The van der Waals surface area contributed by atoms with Crippen molar-refractivity contribution in [1.82, 2.24) is 15.2 Å². The first kappa shape index (κ1) is 17.5. The fourth-order valence-electron chi connectivity index (χ4n) is 3.44. The number of carbonyl (C=O) groups excluding carboxylic acids is 2. The number of carbonyl (C=O) groups is 2. The Morgan fingerprint density at radius 2 is 1.93 bits per heavy atom. The minimum atomic E-state index is -0.282. The van der Waals surface area contributed by atoms with E-state index in [1.54, 1.807) is 17.0 Å². The number of benzene rings is 1. The Bertz CT molecular complexity index is 1030. The van der Waals surface area contributed by atoms with Crippen LogP contribution in [0.15, 0.2) is 52.0 Å². The molecule has 0 saturated carbocycles. The Hall–Kier alpha value is -2.93. The highest BCUT2D eigenvalue weighted by Crippen LogP contribution is 2.19. The number of para-hydroxylation sites is 1. The number of rotatable bonds is 3. The molecule has 0 aliphatic carbocycles. The van der Waals surface area contributed by atoms with Crippen LogP contribution in [-0.2, 0) is 0 Å². The standard InChI is InChI=1S/C20H19N3O3S/c24-18-11-16(15-3-1-2-4-17(15)22-18)20(26)23-8-5-14(6-9-23)21-19(25)13-7-10-27-12-13/h1-4,7,10-12,14H,5-6,8-9H2,(H,21,25)(H,22,24). The van der Waals surface area contributed by atoms with Crippen molar-refractivity contribution in [3.63, 3.8) is 0 Å². The van der Waals surface area contributed by atoms with Crippen LogP contribution in [0.2, 0.25) is 0 Å². The van der Waals surface area contributed by atoms with Crippen LogP contribution in [0.5, 0.6) is 0 Å². The van der Waals surface area contributed by atoms with Crippen LogP contribution >= 0.6 is 11.3 Å². The molecule has 4 rings (SSSR count). The Morgan fingerprint density at radius 1 is 1.15 bits per heavy atom. The Labute approximate surface area is 159 Å². The average Bonchev–Trinajstić information content (AvgIpc) is 3.22. The van der Waals surface area contributed by atoms with Crippen molar-refractivity contribution in [2.75, 3.05) is 13.1 Å². The number of thiophene rings is 1. The molecular weight excluding hydrogens is 362 g/mol. The Morgan fingerprint density at radius 3 is 2.67 bits per heavy atom. The van der Waals surface area contributed by atoms with Crippen molar-refractivity contribution in [2.24, 2.45) is 0 Å². The predicted molar refractivity (Wildman–Crippen MR) is 105 cm³/mol. The smallest absolute Gasteiger partial charge is 0.254 e. The molecule has 0 atom stereocenters. The van der Waals surface area contributed by atoms with E-state index in [2.05, 4.69) is 10.3 Å². The van der Waals surface area contributed by atoms with E-state index in [4.69, 9.17) is 0 Å². The van der Waals surface area contributed by atoms with Crippen LogP contribution in [0.1, 0.15) is 33.6 Å². The van der Waals surface area contributed by atoms with Gasteiger partial charge in [-0.3, -0.25) is 14.4 Å². The van der Waals surface area contributed by atoms with Gasteiger partial charge in [0.05, 0.1) is 5.56 Å². The second-order valence-corrected chi connectivity index (χ2v) is 7.42. The fraction of sp³-hybridized carbons (Fsp3) is 0.250. The van der Waals surface area contributed by atoms with Gasteiger partial charge in [0.1, 0.15) is 0 Å². The van der Waals surface area contributed by atoms with Gasteiger partial charge in [-0.05, 0) is 30.4 Å². The van der Waals surface area contributed by atoms with Gasteiger partial charge < -0.3 is 15.2 Å². The van der Waals surface area contributed by atoms with E-state index in [9.17, 15) is 14.4 Å². The molecule has 3 heterocycles. The molecule has 0 spiro atoms.